The molecule has 10 aromatic carbocycles. The van der Waals surface area contributed by atoms with E-state index in [-0.39, 0.29) is 10.8 Å². The van der Waals surface area contributed by atoms with Crippen molar-refractivity contribution in [2.75, 3.05) is 4.90 Å². The summed E-state index contributed by atoms with van der Waals surface area (Å²) in [4.78, 5) is 2.60. The Bertz CT molecular complexity index is 3750. The van der Waals surface area contributed by atoms with Crippen LogP contribution in [0.5, 0.6) is 0 Å². The van der Waals surface area contributed by atoms with Gasteiger partial charge < -0.3 is 9.32 Å². The summed E-state index contributed by atoms with van der Waals surface area (Å²) in [6.07, 6.45) is 0. The van der Waals surface area contributed by atoms with Gasteiger partial charge in [0.25, 0.3) is 0 Å². The fourth-order valence-electron chi connectivity index (χ4n) is 12.9. The smallest absolute Gasteiger partial charge is 0.137 e. The van der Waals surface area contributed by atoms with Gasteiger partial charge in [0.15, 0.2) is 0 Å². The van der Waals surface area contributed by atoms with Crippen LogP contribution >= 0.6 is 0 Å². The van der Waals surface area contributed by atoms with Gasteiger partial charge >= 0.3 is 0 Å². The van der Waals surface area contributed by atoms with Gasteiger partial charge in [0.1, 0.15) is 11.2 Å². The van der Waals surface area contributed by atoms with E-state index in [4.69, 9.17) is 4.42 Å². The van der Waals surface area contributed by atoms with Crippen LogP contribution in [0.4, 0.5) is 17.1 Å². The van der Waals surface area contributed by atoms with Gasteiger partial charge in [0.05, 0.1) is 16.5 Å². The maximum atomic E-state index is 7.17. The fraction of sp³-hybridized carbons (Fsp3) is 0.104. The molecule has 2 nitrogen and oxygen atoms in total. The topological polar surface area (TPSA) is 16.4 Å². The quantitative estimate of drug-likeness (QED) is 0.165. The molecule has 0 unspecified atom stereocenters. The van der Waals surface area contributed by atoms with Crippen LogP contribution in [0.2, 0.25) is 0 Å². The van der Waals surface area contributed by atoms with Crippen molar-refractivity contribution in [2.24, 2.45) is 0 Å². The Labute approximate surface area is 403 Å². The molecule has 3 aliphatic rings. The van der Waals surface area contributed by atoms with Crippen LogP contribution in [0.1, 0.15) is 72.2 Å². The van der Waals surface area contributed by atoms with Crippen LogP contribution in [0, 0.1) is 0 Å². The molecule has 11 aromatic rings. The third-order valence-corrected chi connectivity index (χ3v) is 16.1. The van der Waals surface area contributed by atoms with Crippen LogP contribution < -0.4 is 4.90 Å². The van der Waals surface area contributed by atoms with Crippen molar-refractivity contribution in [3.63, 3.8) is 0 Å². The normalized spacial score (nSPS) is 15.0. The van der Waals surface area contributed by atoms with Gasteiger partial charge in [0.2, 0.25) is 0 Å². The Kier molecular flexibility index (Phi) is 8.33. The minimum Gasteiger partial charge on any atom is -0.456 e. The first-order valence-electron chi connectivity index (χ1n) is 24.3. The van der Waals surface area contributed by atoms with Gasteiger partial charge in [-0.1, -0.05) is 210 Å². The van der Waals surface area contributed by atoms with E-state index in [0.717, 1.165) is 39.0 Å². The molecule has 328 valence electrons. The average Bonchev–Trinajstić information content (AvgIpc) is 4.06. The summed E-state index contributed by atoms with van der Waals surface area (Å²) < 4.78 is 7.17. The van der Waals surface area contributed by atoms with E-state index in [1.54, 1.807) is 0 Å². The molecule has 1 aromatic heterocycles. The molecule has 2 heteroatoms. The Morgan fingerprint density at radius 2 is 0.841 bits per heavy atom. The number of nitrogens with zero attached hydrogens (tertiary/aromatic N) is 1. The average molecular weight is 884 g/mol. The van der Waals surface area contributed by atoms with Crippen molar-refractivity contribution in [1.29, 1.82) is 0 Å². The highest BCUT2D eigenvalue weighted by Crippen LogP contribution is 2.63. The molecule has 0 amide bonds. The van der Waals surface area contributed by atoms with Gasteiger partial charge in [-0.2, -0.15) is 0 Å². The molecular formula is C67H49NO. The van der Waals surface area contributed by atoms with E-state index in [1.807, 2.05) is 0 Å². The van der Waals surface area contributed by atoms with Crippen molar-refractivity contribution in [3.05, 3.63) is 269 Å². The van der Waals surface area contributed by atoms with Gasteiger partial charge in [-0.25, -0.2) is 0 Å². The minimum absolute atomic E-state index is 0.207. The van der Waals surface area contributed by atoms with Gasteiger partial charge in [-0.05, 0) is 126 Å². The third-order valence-electron chi connectivity index (χ3n) is 16.1. The number of fused-ring (bicyclic) bond motifs is 12. The zero-order valence-corrected chi connectivity index (χ0v) is 39.2. The van der Waals surface area contributed by atoms with Crippen molar-refractivity contribution in [3.8, 4) is 44.5 Å². The van der Waals surface area contributed by atoms with Crippen molar-refractivity contribution >= 4 is 39.0 Å². The number of hydrogen-bond acceptors (Lipinski definition) is 2. The molecule has 0 bridgehead atoms. The van der Waals surface area contributed by atoms with Gasteiger partial charge in [-0.15, -0.1) is 0 Å². The molecule has 0 saturated carbocycles. The summed E-state index contributed by atoms with van der Waals surface area (Å²) in [5.41, 5.74) is 24.3. The number of anilines is 3. The SMILES string of the molecule is CC1(C)c2ccccc2-c2ccc(N(c3ccc4c(c3)C(C)(C)c3ccccc3-4)c3c4c(cc5oc6ccccc6c35)C(c3ccccc3)(c3ccccc3)c3cc(-c5ccccc5)ccc3-4)cc21. The lowest BCUT2D eigenvalue weighted by molar-refractivity contribution is 0.660. The summed E-state index contributed by atoms with van der Waals surface area (Å²) in [5, 5.41) is 2.20. The number of benzene rings is 10. The monoisotopic (exact) mass is 883 g/mol. The van der Waals surface area contributed by atoms with Crippen LogP contribution in [0.15, 0.2) is 229 Å². The fourth-order valence-corrected chi connectivity index (χ4v) is 12.9. The minimum atomic E-state index is -0.700. The lowest BCUT2D eigenvalue weighted by atomic mass is 9.67. The van der Waals surface area contributed by atoms with Crippen LogP contribution in [0.25, 0.3) is 66.4 Å². The molecule has 0 N–H and O–H groups in total. The van der Waals surface area contributed by atoms with E-state index in [2.05, 4.69) is 257 Å². The van der Waals surface area contributed by atoms with Gasteiger partial charge in [0, 0.05) is 33.2 Å². The maximum Gasteiger partial charge on any atom is 0.137 e. The Morgan fingerprint density at radius 3 is 1.43 bits per heavy atom. The molecule has 1 heterocycles. The maximum absolute atomic E-state index is 7.17. The Morgan fingerprint density at radius 1 is 0.348 bits per heavy atom. The number of para-hydroxylation sites is 1. The second-order valence-electron chi connectivity index (χ2n) is 20.4. The Balaban J connectivity index is 1.16. The standard InChI is InChI=1S/C67H49NO/c1-65(2)54-29-17-14-26-48(54)50-36-33-46(39-56(50)65)68(47-34-37-51-49-27-15-18-30-55(49)66(3,4)57(51)40-47)64-62-52-35-32-43(42-20-8-5-9-21-42)38-58(52)67(44-22-10-6-11-23-44,45-24-12-7-13-25-45)59(62)41-61-63(64)53-28-16-19-31-60(53)69-61/h5-41H,1-4H3. The molecule has 0 saturated heterocycles. The number of hydrogen-bond donors (Lipinski definition) is 0. The number of rotatable bonds is 6. The molecule has 69 heavy (non-hydrogen) atoms. The predicted octanol–water partition coefficient (Wildman–Crippen LogP) is 17.7. The largest absolute Gasteiger partial charge is 0.456 e. The van der Waals surface area contributed by atoms with E-state index in [1.165, 1.54) is 89.0 Å². The van der Waals surface area contributed by atoms with Crippen molar-refractivity contribution < 1.29 is 4.42 Å². The van der Waals surface area contributed by atoms with E-state index < -0.39 is 5.41 Å². The summed E-state index contributed by atoms with van der Waals surface area (Å²) >= 11 is 0. The zero-order valence-electron chi connectivity index (χ0n) is 39.2. The molecule has 0 atom stereocenters. The molecule has 14 rings (SSSR count). The van der Waals surface area contributed by atoms with Crippen molar-refractivity contribution in [1.82, 2.24) is 0 Å². The molecular weight excluding hydrogens is 835 g/mol. The highest BCUT2D eigenvalue weighted by Gasteiger charge is 2.49. The zero-order chi connectivity index (χ0) is 46.2. The summed E-state index contributed by atoms with van der Waals surface area (Å²) in [6.45, 7) is 9.55. The summed E-state index contributed by atoms with van der Waals surface area (Å²) in [5.74, 6) is 0. The van der Waals surface area contributed by atoms with Crippen LogP contribution in [-0.2, 0) is 16.2 Å². The highest BCUT2D eigenvalue weighted by molar-refractivity contribution is 6.19. The lowest BCUT2D eigenvalue weighted by Crippen LogP contribution is -2.28. The van der Waals surface area contributed by atoms with E-state index in [9.17, 15) is 0 Å². The molecule has 0 fully saturated rings. The third kappa shape index (κ3) is 5.43. The van der Waals surface area contributed by atoms with Crippen molar-refractivity contribution in [2.45, 2.75) is 43.9 Å². The predicted molar refractivity (Wildman–Crippen MR) is 286 cm³/mol. The summed E-state index contributed by atoms with van der Waals surface area (Å²) in [7, 11) is 0. The van der Waals surface area contributed by atoms with Crippen LogP contribution in [-0.4, -0.2) is 0 Å². The van der Waals surface area contributed by atoms with E-state index in [0.29, 0.717) is 0 Å². The Hall–Kier alpha value is -8.20. The first-order chi connectivity index (χ1) is 33.7. The lowest BCUT2D eigenvalue weighted by Gasteiger charge is -2.35. The molecule has 0 aliphatic heterocycles. The highest BCUT2D eigenvalue weighted by atomic mass is 16.3. The molecule has 3 aliphatic carbocycles. The first-order valence-corrected chi connectivity index (χ1v) is 24.3. The molecule has 0 radical (unpaired) electrons. The molecule has 0 spiro atoms. The van der Waals surface area contributed by atoms with Crippen LogP contribution in [0.3, 0.4) is 0 Å². The first kappa shape index (κ1) is 39.9. The second kappa shape index (κ2) is 14.4. The van der Waals surface area contributed by atoms with E-state index >= 15 is 0 Å². The number of furan rings is 1. The second-order valence-corrected chi connectivity index (χ2v) is 20.4. The summed E-state index contributed by atoms with van der Waals surface area (Å²) in [6, 6.07) is 83.8. The van der Waals surface area contributed by atoms with Gasteiger partial charge in [-0.3, -0.25) is 0 Å².